The molecular weight excluding hydrogens is 300 g/mol. The van der Waals surface area contributed by atoms with Gasteiger partial charge < -0.3 is 24.7 Å². The van der Waals surface area contributed by atoms with Crippen LogP contribution in [0.4, 0.5) is 16.3 Å². The van der Waals surface area contributed by atoms with Gasteiger partial charge in [-0.15, -0.1) is 0 Å². The SMILES string of the molecule is CC1CN(C(=O)OC(C)(C)C)CCN1c1ccc([N+](=O)[O-])nc1. The van der Waals surface area contributed by atoms with Crippen molar-refractivity contribution in [1.29, 1.82) is 0 Å². The Bertz CT molecular complexity index is 582. The van der Waals surface area contributed by atoms with E-state index in [1.165, 1.54) is 12.3 Å². The van der Waals surface area contributed by atoms with Crippen molar-refractivity contribution in [3.8, 4) is 0 Å². The number of nitro groups is 1. The molecule has 0 N–H and O–H groups in total. The molecule has 0 bridgehead atoms. The van der Waals surface area contributed by atoms with Crippen LogP contribution in [0.3, 0.4) is 0 Å². The zero-order valence-corrected chi connectivity index (χ0v) is 13.9. The lowest BCUT2D eigenvalue weighted by atomic mass is 10.1. The van der Waals surface area contributed by atoms with E-state index >= 15 is 0 Å². The summed E-state index contributed by atoms with van der Waals surface area (Å²) in [5.74, 6) is -0.172. The van der Waals surface area contributed by atoms with Gasteiger partial charge in [-0.25, -0.2) is 4.79 Å². The number of piperazine rings is 1. The van der Waals surface area contributed by atoms with Gasteiger partial charge in [-0.1, -0.05) is 0 Å². The van der Waals surface area contributed by atoms with Crippen molar-refractivity contribution in [3.63, 3.8) is 0 Å². The Morgan fingerprint density at radius 2 is 2.09 bits per heavy atom. The number of anilines is 1. The molecule has 1 unspecified atom stereocenters. The average molecular weight is 322 g/mol. The highest BCUT2D eigenvalue weighted by Gasteiger charge is 2.30. The van der Waals surface area contributed by atoms with Gasteiger partial charge in [-0.2, -0.15) is 0 Å². The number of nitrogens with zero attached hydrogens (tertiary/aromatic N) is 4. The van der Waals surface area contributed by atoms with E-state index in [0.717, 1.165) is 5.69 Å². The van der Waals surface area contributed by atoms with E-state index in [1.807, 2.05) is 27.7 Å². The molecule has 8 nitrogen and oxygen atoms in total. The van der Waals surface area contributed by atoms with Crippen molar-refractivity contribution in [2.45, 2.75) is 39.3 Å². The highest BCUT2D eigenvalue weighted by atomic mass is 16.6. The molecule has 0 spiro atoms. The fourth-order valence-corrected chi connectivity index (χ4v) is 2.49. The number of carbonyl (C=O) groups is 1. The molecule has 0 aromatic carbocycles. The first-order chi connectivity index (χ1) is 10.7. The second-order valence-corrected chi connectivity index (χ2v) is 6.60. The number of carbonyl (C=O) groups excluding carboxylic acids is 1. The molecule has 1 amide bonds. The maximum atomic E-state index is 12.1. The van der Waals surface area contributed by atoms with Crippen LogP contribution in [-0.2, 0) is 4.74 Å². The predicted octanol–water partition coefficient (Wildman–Crippen LogP) is 2.44. The summed E-state index contributed by atoms with van der Waals surface area (Å²) in [6, 6.07) is 3.15. The van der Waals surface area contributed by atoms with Crippen LogP contribution in [-0.4, -0.2) is 52.2 Å². The fraction of sp³-hybridized carbons (Fsp3) is 0.600. The topological polar surface area (TPSA) is 88.8 Å². The summed E-state index contributed by atoms with van der Waals surface area (Å²) < 4.78 is 5.39. The summed E-state index contributed by atoms with van der Waals surface area (Å²) in [5.41, 5.74) is 0.298. The van der Waals surface area contributed by atoms with E-state index in [-0.39, 0.29) is 18.0 Å². The number of pyridine rings is 1. The van der Waals surface area contributed by atoms with Crippen molar-refractivity contribution in [2.75, 3.05) is 24.5 Å². The van der Waals surface area contributed by atoms with Gasteiger partial charge in [0.05, 0.1) is 5.69 Å². The van der Waals surface area contributed by atoms with Gasteiger partial charge in [0.15, 0.2) is 6.20 Å². The monoisotopic (exact) mass is 322 g/mol. The summed E-state index contributed by atoms with van der Waals surface area (Å²) in [4.78, 5) is 29.9. The molecule has 1 aliphatic heterocycles. The van der Waals surface area contributed by atoms with Crippen LogP contribution >= 0.6 is 0 Å². The van der Waals surface area contributed by atoms with Gasteiger partial charge in [0.1, 0.15) is 5.60 Å². The van der Waals surface area contributed by atoms with E-state index in [0.29, 0.717) is 19.6 Å². The Kier molecular flexibility index (Phi) is 4.72. The van der Waals surface area contributed by atoms with E-state index in [4.69, 9.17) is 4.74 Å². The van der Waals surface area contributed by atoms with Crippen molar-refractivity contribution in [2.24, 2.45) is 0 Å². The highest BCUT2D eigenvalue weighted by Crippen LogP contribution is 2.22. The molecule has 1 fully saturated rings. The Balaban J connectivity index is 2.01. The second-order valence-electron chi connectivity index (χ2n) is 6.60. The van der Waals surface area contributed by atoms with E-state index in [2.05, 4.69) is 9.88 Å². The Hall–Kier alpha value is -2.38. The van der Waals surface area contributed by atoms with Gasteiger partial charge in [0.2, 0.25) is 0 Å². The minimum atomic E-state index is -0.520. The third kappa shape index (κ3) is 4.30. The first-order valence-corrected chi connectivity index (χ1v) is 7.52. The molecule has 23 heavy (non-hydrogen) atoms. The zero-order chi connectivity index (χ0) is 17.2. The smallest absolute Gasteiger partial charge is 0.410 e. The molecule has 2 heterocycles. The molecule has 1 aliphatic rings. The summed E-state index contributed by atoms with van der Waals surface area (Å²) in [7, 11) is 0. The Morgan fingerprint density at radius 3 is 2.57 bits per heavy atom. The molecule has 1 atom stereocenters. The first kappa shape index (κ1) is 17.0. The zero-order valence-electron chi connectivity index (χ0n) is 13.9. The molecule has 1 aromatic heterocycles. The molecule has 1 saturated heterocycles. The van der Waals surface area contributed by atoms with Crippen LogP contribution in [0.2, 0.25) is 0 Å². The molecule has 0 radical (unpaired) electrons. The highest BCUT2D eigenvalue weighted by molar-refractivity contribution is 5.68. The average Bonchev–Trinajstić information content (AvgIpc) is 2.45. The number of ether oxygens (including phenoxy) is 1. The predicted molar refractivity (Wildman–Crippen MR) is 85.5 cm³/mol. The largest absolute Gasteiger partial charge is 0.444 e. The number of rotatable bonds is 2. The van der Waals surface area contributed by atoms with Crippen molar-refractivity contribution >= 4 is 17.6 Å². The number of hydrogen-bond acceptors (Lipinski definition) is 6. The van der Waals surface area contributed by atoms with Crippen molar-refractivity contribution in [3.05, 3.63) is 28.4 Å². The summed E-state index contributed by atoms with van der Waals surface area (Å²) in [6.45, 7) is 9.22. The lowest BCUT2D eigenvalue weighted by Gasteiger charge is -2.40. The van der Waals surface area contributed by atoms with Gasteiger partial charge >= 0.3 is 11.9 Å². The fourth-order valence-electron chi connectivity index (χ4n) is 2.49. The minimum Gasteiger partial charge on any atom is -0.444 e. The summed E-state index contributed by atoms with van der Waals surface area (Å²) in [6.07, 6.45) is 1.18. The van der Waals surface area contributed by atoms with Crippen LogP contribution in [0, 0.1) is 10.1 Å². The number of aromatic nitrogens is 1. The first-order valence-electron chi connectivity index (χ1n) is 7.52. The standard InChI is InChI=1S/C15H22N4O4/c1-11-10-17(14(20)23-15(2,3)4)7-8-18(11)12-5-6-13(16-9-12)19(21)22/h5-6,9,11H,7-8,10H2,1-4H3. The van der Waals surface area contributed by atoms with Crippen LogP contribution in [0.15, 0.2) is 18.3 Å². The van der Waals surface area contributed by atoms with Gasteiger partial charge in [0, 0.05) is 31.7 Å². The number of hydrogen-bond donors (Lipinski definition) is 0. The lowest BCUT2D eigenvalue weighted by Crippen LogP contribution is -2.54. The molecule has 1 aromatic rings. The van der Waals surface area contributed by atoms with Crippen LogP contribution in [0.25, 0.3) is 0 Å². The summed E-state index contributed by atoms with van der Waals surface area (Å²) >= 11 is 0. The normalized spacial score (nSPS) is 18.7. The molecule has 126 valence electrons. The second kappa shape index (κ2) is 6.39. The maximum Gasteiger partial charge on any atom is 0.410 e. The van der Waals surface area contributed by atoms with E-state index < -0.39 is 10.5 Å². The van der Waals surface area contributed by atoms with Gasteiger partial charge in [-0.3, -0.25) is 0 Å². The van der Waals surface area contributed by atoms with Gasteiger partial charge in [0.25, 0.3) is 0 Å². The molecule has 8 heteroatoms. The molecule has 2 rings (SSSR count). The van der Waals surface area contributed by atoms with Crippen LogP contribution in [0.1, 0.15) is 27.7 Å². The third-order valence-corrected chi connectivity index (χ3v) is 3.53. The number of amides is 1. The van der Waals surface area contributed by atoms with Crippen LogP contribution in [0.5, 0.6) is 0 Å². The molecule has 0 saturated carbocycles. The van der Waals surface area contributed by atoms with Crippen molar-refractivity contribution in [1.82, 2.24) is 9.88 Å². The van der Waals surface area contributed by atoms with Crippen molar-refractivity contribution < 1.29 is 14.5 Å². The molecule has 0 aliphatic carbocycles. The summed E-state index contributed by atoms with van der Waals surface area (Å²) in [5, 5.41) is 10.7. The maximum absolute atomic E-state index is 12.1. The Morgan fingerprint density at radius 1 is 1.39 bits per heavy atom. The molecular formula is C15H22N4O4. The lowest BCUT2D eigenvalue weighted by molar-refractivity contribution is -0.389. The van der Waals surface area contributed by atoms with Crippen LogP contribution < -0.4 is 4.90 Å². The van der Waals surface area contributed by atoms with E-state index in [9.17, 15) is 14.9 Å². The third-order valence-electron chi connectivity index (χ3n) is 3.53. The minimum absolute atomic E-state index is 0.0690. The van der Waals surface area contributed by atoms with E-state index in [1.54, 1.807) is 11.0 Å². The quantitative estimate of drug-likeness (QED) is 0.614. The Labute approximate surface area is 135 Å². The van der Waals surface area contributed by atoms with Gasteiger partial charge in [-0.05, 0) is 43.7 Å².